The quantitative estimate of drug-likeness (QED) is 0.429. The molecule has 0 bridgehead atoms. The summed E-state index contributed by atoms with van der Waals surface area (Å²) in [7, 11) is 0. The molecule has 3 heterocycles. The maximum Gasteiger partial charge on any atom is 0.437 e. The van der Waals surface area contributed by atoms with Crippen molar-refractivity contribution in [2.45, 2.75) is 19.0 Å². The predicted molar refractivity (Wildman–Crippen MR) is 116 cm³/mol. The summed E-state index contributed by atoms with van der Waals surface area (Å²) in [5.41, 5.74) is -1.64. The summed E-state index contributed by atoms with van der Waals surface area (Å²) >= 11 is 0. The number of rotatable bonds is 6. The van der Waals surface area contributed by atoms with E-state index in [1.54, 1.807) is 6.07 Å². The third-order valence-electron chi connectivity index (χ3n) is 5.39. The molecule has 13 heteroatoms. The molecule has 0 saturated carbocycles. The number of hydrogen-bond donors (Lipinski definition) is 3. The number of para-hydroxylation sites is 1. The summed E-state index contributed by atoms with van der Waals surface area (Å²) < 4.78 is 59.2. The fraction of sp³-hybridized carbons (Fsp3) is 0.273. The first kappa shape index (κ1) is 24.0. The summed E-state index contributed by atoms with van der Waals surface area (Å²) in [6.45, 7) is 0.973. The van der Waals surface area contributed by atoms with Gasteiger partial charge in [-0.1, -0.05) is 12.1 Å². The van der Waals surface area contributed by atoms with Crippen LogP contribution in [0.2, 0.25) is 0 Å². The number of nitrogens with one attached hydrogen (secondary N) is 2. The van der Waals surface area contributed by atoms with E-state index in [-0.39, 0.29) is 11.4 Å². The minimum atomic E-state index is -5.00. The number of nitrogens with zero attached hydrogens (tertiary/aromatic N) is 3. The highest BCUT2D eigenvalue weighted by atomic mass is 19.4. The van der Waals surface area contributed by atoms with Crippen LogP contribution in [-0.2, 0) is 11.0 Å². The van der Waals surface area contributed by atoms with E-state index in [2.05, 4.69) is 20.6 Å². The number of anilines is 4. The topological polar surface area (TPSA) is 121 Å². The van der Waals surface area contributed by atoms with Crippen LogP contribution in [0.25, 0.3) is 0 Å². The van der Waals surface area contributed by atoms with Crippen molar-refractivity contribution in [3.63, 3.8) is 0 Å². The van der Waals surface area contributed by atoms with Crippen LogP contribution in [0, 0.1) is 11.7 Å². The number of benzene rings is 1. The molecule has 1 amide bonds. The molecule has 35 heavy (non-hydrogen) atoms. The average molecular weight is 493 g/mol. The van der Waals surface area contributed by atoms with Gasteiger partial charge >= 0.3 is 18.2 Å². The molecule has 1 fully saturated rings. The van der Waals surface area contributed by atoms with Gasteiger partial charge in [-0.25, -0.2) is 9.37 Å². The molecule has 184 valence electrons. The normalized spacial score (nSPS) is 14.6. The Hall–Kier alpha value is -4.16. The minimum absolute atomic E-state index is 0.104. The lowest BCUT2D eigenvalue weighted by atomic mass is 9.97. The van der Waals surface area contributed by atoms with Gasteiger partial charge in [-0.3, -0.25) is 9.59 Å². The number of amides is 1. The Morgan fingerprint density at radius 3 is 2.43 bits per heavy atom. The van der Waals surface area contributed by atoms with Crippen LogP contribution in [0.5, 0.6) is 0 Å². The zero-order valence-corrected chi connectivity index (χ0v) is 18.0. The maximum atomic E-state index is 13.8. The van der Waals surface area contributed by atoms with Gasteiger partial charge in [0.1, 0.15) is 11.6 Å². The second-order valence-corrected chi connectivity index (χ2v) is 7.76. The minimum Gasteiger partial charge on any atom is -0.481 e. The SMILES string of the molecule is O=C(Nc1ccc(N2CCC(C(=O)O)CC2)nc1)c1oc(Nc2ccccc2F)nc1C(F)(F)F. The van der Waals surface area contributed by atoms with Crippen molar-refractivity contribution in [2.75, 3.05) is 28.6 Å². The second kappa shape index (κ2) is 9.60. The second-order valence-electron chi connectivity index (χ2n) is 7.76. The molecule has 4 rings (SSSR count). The number of aliphatic carboxylic acids is 1. The molecule has 0 atom stereocenters. The van der Waals surface area contributed by atoms with E-state index in [0.717, 1.165) is 6.07 Å². The standard InChI is InChI=1S/C22H19F4N5O4/c23-14-3-1-2-4-15(14)29-21-30-18(22(24,25)26)17(35-21)19(32)28-13-5-6-16(27-11-13)31-9-7-12(8-10-31)20(33)34/h1-6,11-12H,7-10H2,(H,28,32)(H,29,30)(H,33,34). The highest BCUT2D eigenvalue weighted by Crippen LogP contribution is 2.34. The Morgan fingerprint density at radius 1 is 1.11 bits per heavy atom. The number of carboxylic acids is 1. The molecular weight excluding hydrogens is 474 g/mol. The fourth-order valence-corrected chi connectivity index (χ4v) is 3.59. The Balaban J connectivity index is 1.48. The number of oxazole rings is 1. The highest BCUT2D eigenvalue weighted by Gasteiger charge is 2.41. The van der Waals surface area contributed by atoms with Gasteiger partial charge in [-0.15, -0.1) is 0 Å². The van der Waals surface area contributed by atoms with Gasteiger partial charge in [0.25, 0.3) is 5.91 Å². The molecule has 2 aromatic heterocycles. The smallest absolute Gasteiger partial charge is 0.437 e. The summed E-state index contributed by atoms with van der Waals surface area (Å²) in [6, 6.07) is 7.52. The van der Waals surface area contributed by atoms with Crippen LogP contribution in [0.1, 0.15) is 29.1 Å². The molecule has 0 unspecified atom stereocenters. The van der Waals surface area contributed by atoms with Gasteiger partial charge in [0.05, 0.1) is 23.5 Å². The predicted octanol–water partition coefficient (Wildman–Crippen LogP) is 4.52. The van der Waals surface area contributed by atoms with Crippen molar-refractivity contribution in [3.05, 3.63) is 59.9 Å². The van der Waals surface area contributed by atoms with E-state index < -0.39 is 47.3 Å². The van der Waals surface area contributed by atoms with Crippen LogP contribution in [0.4, 0.5) is 40.8 Å². The zero-order valence-electron chi connectivity index (χ0n) is 18.0. The van der Waals surface area contributed by atoms with E-state index in [0.29, 0.717) is 31.7 Å². The van der Waals surface area contributed by atoms with Crippen LogP contribution < -0.4 is 15.5 Å². The van der Waals surface area contributed by atoms with Crippen molar-refractivity contribution < 1.29 is 36.7 Å². The van der Waals surface area contributed by atoms with Crippen molar-refractivity contribution in [3.8, 4) is 0 Å². The molecule has 1 aromatic carbocycles. The maximum absolute atomic E-state index is 13.8. The van der Waals surface area contributed by atoms with E-state index in [4.69, 9.17) is 9.52 Å². The number of carbonyl (C=O) groups is 2. The number of halogens is 4. The van der Waals surface area contributed by atoms with Gasteiger partial charge < -0.3 is 25.1 Å². The Labute approximate surface area is 195 Å². The number of aromatic nitrogens is 2. The largest absolute Gasteiger partial charge is 0.481 e. The van der Waals surface area contributed by atoms with Crippen LogP contribution in [0.15, 0.2) is 47.0 Å². The molecule has 0 radical (unpaired) electrons. The third-order valence-corrected chi connectivity index (χ3v) is 5.39. The highest BCUT2D eigenvalue weighted by molar-refractivity contribution is 6.03. The number of hydrogen-bond acceptors (Lipinski definition) is 7. The summed E-state index contributed by atoms with van der Waals surface area (Å²) in [4.78, 5) is 33.0. The molecule has 9 nitrogen and oxygen atoms in total. The fourth-order valence-electron chi connectivity index (χ4n) is 3.59. The zero-order chi connectivity index (χ0) is 25.2. The molecular formula is C22H19F4N5O4. The first-order chi connectivity index (χ1) is 16.6. The third kappa shape index (κ3) is 5.50. The molecule has 0 aliphatic carbocycles. The molecule has 0 spiro atoms. The Bertz CT molecular complexity index is 1220. The monoisotopic (exact) mass is 493 g/mol. The molecule has 1 aliphatic rings. The average Bonchev–Trinajstić information content (AvgIpc) is 3.26. The van der Waals surface area contributed by atoms with Gasteiger partial charge in [0, 0.05) is 13.1 Å². The molecule has 3 aromatic rings. The van der Waals surface area contributed by atoms with Crippen molar-refractivity contribution in [2.24, 2.45) is 5.92 Å². The van der Waals surface area contributed by atoms with E-state index in [1.807, 2.05) is 4.90 Å². The molecule has 3 N–H and O–H groups in total. The van der Waals surface area contributed by atoms with Crippen LogP contribution in [-0.4, -0.2) is 40.0 Å². The Morgan fingerprint density at radius 2 is 1.83 bits per heavy atom. The number of piperidine rings is 1. The van der Waals surface area contributed by atoms with Crippen LogP contribution >= 0.6 is 0 Å². The number of pyridine rings is 1. The number of carboxylic acid groups (broad SMARTS) is 1. The summed E-state index contributed by atoms with van der Waals surface area (Å²) in [5, 5.41) is 13.7. The van der Waals surface area contributed by atoms with E-state index in [1.165, 1.54) is 30.5 Å². The lowest BCUT2D eigenvalue weighted by Gasteiger charge is -2.31. The number of carbonyl (C=O) groups excluding carboxylic acids is 1. The Kier molecular flexibility index (Phi) is 6.58. The molecule has 1 aliphatic heterocycles. The first-order valence-electron chi connectivity index (χ1n) is 10.5. The summed E-state index contributed by atoms with van der Waals surface area (Å²) in [5.74, 6) is -3.78. The lowest BCUT2D eigenvalue weighted by Crippen LogP contribution is -2.36. The van der Waals surface area contributed by atoms with E-state index >= 15 is 0 Å². The number of alkyl halides is 3. The van der Waals surface area contributed by atoms with Crippen molar-refractivity contribution in [1.82, 2.24) is 9.97 Å². The van der Waals surface area contributed by atoms with Gasteiger partial charge in [0.15, 0.2) is 5.69 Å². The van der Waals surface area contributed by atoms with Crippen molar-refractivity contribution in [1.29, 1.82) is 0 Å². The lowest BCUT2D eigenvalue weighted by molar-refractivity contribution is -0.142. The van der Waals surface area contributed by atoms with E-state index in [9.17, 15) is 27.2 Å². The van der Waals surface area contributed by atoms with Gasteiger partial charge in [0.2, 0.25) is 5.76 Å². The van der Waals surface area contributed by atoms with Gasteiger partial charge in [-0.05, 0) is 37.1 Å². The summed E-state index contributed by atoms with van der Waals surface area (Å²) in [6.07, 6.45) is -2.82. The van der Waals surface area contributed by atoms with Crippen LogP contribution in [0.3, 0.4) is 0 Å². The first-order valence-corrected chi connectivity index (χ1v) is 10.5. The van der Waals surface area contributed by atoms with Gasteiger partial charge in [-0.2, -0.15) is 18.2 Å². The molecule has 1 saturated heterocycles. The van der Waals surface area contributed by atoms with Crippen molar-refractivity contribution >= 4 is 35.1 Å².